The standard InChI is InChI=1S/C17H19Cl2N/c1-3-8-20-11-13-4-6-15(12(2)9-13)16-10-14(18)5-7-17(16)19/h4-7,9-10,20H,3,8,11H2,1-2H3. The number of halogens is 2. The van der Waals surface area contributed by atoms with Crippen molar-refractivity contribution in [3.8, 4) is 11.1 Å². The lowest BCUT2D eigenvalue weighted by Gasteiger charge is -2.11. The minimum atomic E-state index is 0.706. The highest BCUT2D eigenvalue weighted by molar-refractivity contribution is 6.35. The molecule has 20 heavy (non-hydrogen) atoms. The van der Waals surface area contributed by atoms with Crippen LogP contribution >= 0.6 is 23.2 Å². The molecule has 0 fully saturated rings. The Hall–Kier alpha value is -1.02. The first-order valence-electron chi connectivity index (χ1n) is 6.87. The van der Waals surface area contributed by atoms with E-state index in [1.165, 1.54) is 11.1 Å². The van der Waals surface area contributed by atoms with E-state index < -0.39 is 0 Å². The van der Waals surface area contributed by atoms with Crippen molar-refractivity contribution in [1.82, 2.24) is 5.32 Å². The fourth-order valence-electron chi connectivity index (χ4n) is 2.25. The summed E-state index contributed by atoms with van der Waals surface area (Å²) in [5, 5.41) is 4.85. The highest BCUT2D eigenvalue weighted by Crippen LogP contribution is 2.32. The predicted octanol–water partition coefficient (Wildman–Crippen LogP) is 5.47. The maximum Gasteiger partial charge on any atom is 0.0485 e. The Kier molecular flexibility index (Phi) is 5.47. The average molecular weight is 308 g/mol. The van der Waals surface area contributed by atoms with Gasteiger partial charge < -0.3 is 5.32 Å². The zero-order valence-electron chi connectivity index (χ0n) is 11.8. The molecule has 0 aliphatic carbocycles. The van der Waals surface area contributed by atoms with Crippen LogP contribution in [0.4, 0.5) is 0 Å². The molecule has 1 N–H and O–H groups in total. The minimum absolute atomic E-state index is 0.706. The summed E-state index contributed by atoms with van der Waals surface area (Å²) >= 11 is 12.3. The molecule has 0 spiro atoms. The molecule has 0 radical (unpaired) electrons. The van der Waals surface area contributed by atoms with E-state index in [0.29, 0.717) is 5.02 Å². The van der Waals surface area contributed by atoms with Gasteiger partial charge in [0.15, 0.2) is 0 Å². The molecule has 2 aromatic carbocycles. The van der Waals surface area contributed by atoms with Crippen molar-refractivity contribution in [2.24, 2.45) is 0 Å². The quantitative estimate of drug-likeness (QED) is 0.722. The number of hydrogen-bond donors (Lipinski definition) is 1. The van der Waals surface area contributed by atoms with Crippen LogP contribution in [0.3, 0.4) is 0 Å². The van der Waals surface area contributed by atoms with E-state index >= 15 is 0 Å². The molecule has 0 aromatic heterocycles. The number of nitrogens with one attached hydrogen (secondary N) is 1. The Labute approximate surface area is 130 Å². The summed E-state index contributed by atoms with van der Waals surface area (Å²) in [6, 6.07) is 12.0. The van der Waals surface area contributed by atoms with Gasteiger partial charge >= 0.3 is 0 Å². The van der Waals surface area contributed by atoms with Crippen LogP contribution in [0.25, 0.3) is 11.1 Å². The topological polar surface area (TPSA) is 12.0 Å². The van der Waals surface area contributed by atoms with E-state index in [1.807, 2.05) is 18.2 Å². The van der Waals surface area contributed by atoms with Crippen LogP contribution in [-0.4, -0.2) is 6.54 Å². The minimum Gasteiger partial charge on any atom is -0.313 e. The summed E-state index contributed by atoms with van der Waals surface area (Å²) in [6.45, 7) is 6.22. The van der Waals surface area contributed by atoms with Crippen LogP contribution in [-0.2, 0) is 6.54 Å². The number of aryl methyl sites for hydroxylation is 1. The summed E-state index contributed by atoms with van der Waals surface area (Å²) in [5.41, 5.74) is 4.63. The summed E-state index contributed by atoms with van der Waals surface area (Å²) in [5.74, 6) is 0. The molecule has 2 aromatic rings. The Balaban J connectivity index is 2.27. The molecule has 0 heterocycles. The molecular weight excluding hydrogens is 289 g/mol. The molecule has 0 amide bonds. The second-order valence-electron chi connectivity index (χ2n) is 4.95. The van der Waals surface area contributed by atoms with Crippen molar-refractivity contribution in [1.29, 1.82) is 0 Å². The molecule has 0 atom stereocenters. The molecule has 106 valence electrons. The van der Waals surface area contributed by atoms with Crippen LogP contribution in [0.2, 0.25) is 10.0 Å². The molecule has 3 heteroatoms. The molecule has 0 saturated carbocycles. The molecule has 0 unspecified atom stereocenters. The molecule has 0 bridgehead atoms. The highest BCUT2D eigenvalue weighted by atomic mass is 35.5. The van der Waals surface area contributed by atoms with E-state index in [-0.39, 0.29) is 0 Å². The third kappa shape index (κ3) is 3.76. The lowest BCUT2D eigenvalue weighted by molar-refractivity contribution is 0.675. The third-order valence-electron chi connectivity index (χ3n) is 3.27. The van der Waals surface area contributed by atoms with Crippen LogP contribution in [0.15, 0.2) is 36.4 Å². The Morgan fingerprint density at radius 1 is 1.00 bits per heavy atom. The number of rotatable bonds is 5. The monoisotopic (exact) mass is 307 g/mol. The number of hydrogen-bond acceptors (Lipinski definition) is 1. The van der Waals surface area contributed by atoms with Gasteiger partial charge in [-0.15, -0.1) is 0 Å². The van der Waals surface area contributed by atoms with Gasteiger partial charge in [-0.3, -0.25) is 0 Å². The molecule has 0 saturated heterocycles. The summed E-state index contributed by atoms with van der Waals surface area (Å²) in [4.78, 5) is 0. The summed E-state index contributed by atoms with van der Waals surface area (Å²) < 4.78 is 0. The lowest BCUT2D eigenvalue weighted by atomic mass is 9.98. The Morgan fingerprint density at radius 3 is 2.50 bits per heavy atom. The van der Waals surface area contributed by atoms with E-state index in [4.69, 9.17) is 23.2 Å². The van der Waals surface area contributed by atoms with Crippen LogP contribution < -0.4 is 5.32 Å². The first-order valence-corrected chi connectivity index (χ1v) is 7.63. The van der Waals surface area contributed by atoms with Gasteiger partial charge in [0.05, 0.1) is 0 Å². The first kappa shape index (κ1) is 15.4. The normalized spacial score (nSPS) is 10.8. The van der Waals surface area contributed by atoms with E-state index in [0.717, 1.165) is 35.7 Å². The second-order valence-corrected chi connectivity index (χ2v) is 5.79. The zero-order chi connectivity index (χ0) is 14.5. The van der Waals surface area contributed by atoms with Crippen molar-refractivity contribution >= 4 is 23.2 Å². The fraction of sp³-hybridized carbons (Fsp3) is 0.294. The Morgan fingerprint density at radius 2 is 1.80 bits per heavy atom. The molecule has 1 nitrogen and oxygen atoms in total. The molecule has 0 aliphatic rings. The maximum atomic E-state index is 6.27. The average Bonchev–Trinajstić information content (AvgIpc) is 2.42. The third-order valence-corrected chi connectivity index (χ3v) is 3.83. The smallest absolute Gasteiger partial charge is 0.0485 e. The van der Waals surface area contributed by atoms with Crippen molar-refractivity contribution in [2.75, 3.05) is 6.54 Å². The van der Waals surface area contributed by atoms with Gasteiger partial charge in [-0.2, -0.15) is 0 Å². The molecule has 0 aliphatic heterocycles. The summed E-state index contributed by atoms with van der Waals surface area (Å²) in [7, 11) is 0. The largest absolute Gasteiger partial charge is 0.313 e. The second kappa shape index (κ2) is 7.12. The lowest BCUT2D eigenvalue weighted by Crippen LogP contribution is -2.13. The zero-order valence-corrected chi connectivity index (χ0v) is 13.4. The van der Waals surface area contributed by atoms with E-state index in [9.17, 15) is 0 Å². The molecular formula is C17H19Cl2N. The first-order chi connectivity index (χ1) is 9.61. The van der Waals surface area contributed by atoms with Gasteiger partial charge in [0.2, 0.25) is 0 Å². The van der Waals surface area contributed by atoms with Gasteiger partial charge in [0.1, 0.15) is 0 Å². The summed E-state index contributed by atoms with van der Waals surface area (Å²) in [6.07, 6.45) is 1.15. The van der Waals surface area contributed by atoms with Crippen molar-refractivity contribution < 1.29 is 0 Å². The number of benzene rings is 2. The van der Waals surface area contributed by atoms with Gasteiger partial charge in [0, 0.05) is 22.2 Å². The van der Waals surface area contributed by atoms with Crippen LogP contribution in [0.1, 0.15) is 24.5 Å². The van der Waals surface area contributed by atoms with Gasteiger partial charge in [-0.05, 0) is 54.8 Å². The SMILES string of the molecule is CCCNCc1ccc(-c2cc(Cl)ccc2Cl)c(C)c1. The predicted molar refractivity (Wildman–Crippen MR) is 88.6 cm³/mol. The van der Waals surface area contributed by atoms with Crippen LogP contribution in [0.5, 0.6) is 0 Å². The highest BCUT2D eigenvalue weighted by Gasteiger charge is 2.08. The van der Waals surface area contributed by atoms with Crippen molar-refractivity contribution in [3.63, 3.8) is 0 Å². The van der Waals surface area contributed by atoms with E-state index in [2.05, 4.69) is 37.4 Å². The van der Waals surface area contributed by atoms with Crippen LogP contribution in [0, 0.1) is 6.92 Å². The van der Waals surface area contributed by atoms with Crippen molar-refractivity contribution in [3.05, 3.63) is 57.6 Å². The van der Waals surface area contributed by atoms with Gasteiger partial charge in [-0.1, -0.05) is 48.3 Å². The maximum absolute atomic E-state index is 6.27. The Bertz CT molecular complexity index is 594. The molecule has 2 rings (SSSR count). The van der Waals surface area contributed by atoms with Gasteiger partial charge in [0.25, 0.3) is 0 Å². The fourth-order valence-corrected chi connectivity index (χ4v) is 2.64. The van der Waals surface area contributed by atoms with Gasteiger partial charge in [-0.25, -0.2) is 0 Å². The van der Waals surface area contributed by atoms with Crippen molar-refractivity contribution in [2.45, 2.75) is 26.8 Å². The van der Waals surface area contributed by atoms with E-state index in [1.54, 1.807) is 0 Å².